The molecule has 0 aromatic carbocycles. The highest BCUT2D eigenvalue weighted by molar-refractivity contribution is 5.25. The van der Waals surface area contributed by atoms with Gasteiger partial charge < -0.3 is 19.5 Å². The molecule has 16 heavy (non-hydrogen) atoms. The van der Waals surface area contributed by atoms with E-state index in [4.69, 9.17) is 4.74 Å². The molecule has 0 spiro atoms. The Morgan fingerprint density at radius 1 is 1.44 bits per heavy atom. The first kappa shape index (κ1) is 13.0. The largest absolute Gasteiger partial charge is 0.378 e. The fourth-order valence-electron chi connectivity index (χ4n) is 1.32. The summed E-state index contributed by atoms with van der Waals surface area (Å²) >= 11 is 0. The van der Waals surface area contributed by atoms with Gasteiger partial charge in [-0.25, -0.2) is 4.98 Å². The number of hydrogen-bond acceptors (Lipinski definition) is 4. The molecule has 1 N–H and O–H groups in total. The quantitative estimate of drug-likeness (QED) is 0.669. The molecule has 0 fully saturated rings. The predicted molar refractivity (Wildman–Crippen MR) is 65.8 cm³/mol. The molecule has 1 heterocycles. The molecule has 0 atom stereocenters. The van der Waals surface area contributed by atoms with E-state index in [2.05, 4.69) is 26.7 Å². The van der Waals surface area contributed by atoms with Crippen LogP contribution in [0.4, 0.5) is 5.95 Å². The lowest BCUT2D eigenvalue weighted by atomic mass is 10.6. The summed E-state index contributed by atoms with van der Waals surface area (Å²) in [6, 6.07) is 0. The van der Waals surface area contributed by atoms with Crippen molar-refractivity contribution in [2.24, 2.45) is 0 Å². The van der Waals surface area contributed by atoms with Crippen LogP contribution in [-0.2, 0) is 11.3 Å². The van der Waals surface area contributed by atoms with Crippen LogP contribution in [0.15, 0.2) is 12.4 Å². The molecule has 0 saturated carbocycles. The van der Waals surface area contributed by atoms with Crippen LogP contribution < -0.4 is 5.32 Å². The average Bonchev–Trinajstić information content (AvgIpc) is 2.70. The summed E-state index contributed by atoms with van der Waals surface area (Å²) < 4.78 is 7.54. The Bertz CT molecular complexity index is 285. The van der Waals surface area contributed by atoms with E-state index >= 15 is 0 Å². The predicted octanol–water partition coefficient (Wildman–Crippen LogP) is 0.893. The van der Waals surface area contributed by atoms with Crippen molar-refractivity contribution in [3.05, 3.63) is 12.4 Å². The molecule has 5 nitrogen and oxygen atoms in total. The maximum absolute atomic E-state index is 5.48. The maximum atomic E-state index is 5.48. The van der Waals surface area contributed by atoms with Gasteiger partial charge in [0.15, 0.2) is 0 Å². The third-order valence-corrected chi connectivity index (χ3v) is 2.27. The smallest absolute Gasteiger partial charge is 0.202 e. The van der Waals surface area contributed by atoms with Crippen LogP contribution in [0.2, 0.25) is 0 Å². The molecule has 1 aromatic heterocycles. The molecule has 1 rings (SSSR count). The Hall–Kier alpha value is -1.07. The summed E-state index contributed by atoms with van der Waals surface area (Å²) in [6.45, 7) is 6.28. The van der Waals surface area contributed by atoms with Gasteiger partial charge in [0, 0.05) is 32.0 Å². The van der Waals surface area contributed by atoms with Crippen molar-refractivity contribution in [3.8, 4) is 0 Å². The van der Waals surface area contributed by atoms with Crippen molar-refractivity contribution >= 4 is 5.95 Å². The summed E-state index contributed by atoms with van der Waals surface area (Å²) in [5.74, 6) is 0.915. The zero-order valence-corrected chi connectivity index (χ0v) is 10.4. The first-order valence-electron chi connectivity index (χ1n) is 5.71. The lowest BCUT2D eigenvalue weighted by Gasteiger charge is -2.11. The van der Waals surface area contributed by atoms with Gasteiger partial charge in [0.05, 0.1) is 13.2 Å². The van der Waals surface area contributed by atoms with E-state index < -0.39 is 0 Å². The summed E-state index contributed by atoms with van der Waals surface area (Å²) in [4.78, 5) is 6.33. The third-order valence-electron chi connectivity index (χ3n) is 2.27. The number of imidazole rings is 1. The summed E-state index contributed by atoms with van der Waals surface area (Å²) in [5, 5.41) is 3.25. The Morgan fingerprint density at radius 3 is 2.94 bits per heavy atom. The van der Waals surface area contributed by atoms with Crippen LogP contribution in [0, 0.1) is 0 Å². The first-order chi connectivity index (χ1) is 7.74. The van der Waals surface area contributed by atoms with E-state index in [0.29, 0.717) is 6.61 Å². The van der Waals surface area contributed by atoms with E-state index in [0.717, 1.165) is 32.2 Å². The fourth-order valence-corrected chi connectivity index (χ4v) is 1.32. The molecule has 0 amide bonds. The highest BCUT2D eigenvalue weighted by Gasteiger charge is 1.98. The van der Waals surface area contributed by atoms with Crippen molar-refractivity contribution in [1.82, 2.24) is 14.5 Å². The van der Waals surface area contributed by atoms with E-state index in [1.54, 1.807) is 6.20 Å². The minimum absolute atomic E-state index is 0.713. The summed E-state index contributed by atoms with van der Waals surface area (Å²) in [5.41, 5.74) is 0. The Balaban J connectivity index is 2.07. The molecule has 0 bridgehead atoms. The van der Waals surface area contributed by atoms with E-state index in [1.807, 2.05) is 20.3 Å². The molecule has 5 heteroatoms. The molecule has 0 saturated heterocycles. The van der Waals surface area contributed by atoms with Crippen LogP contribution in [0.5, 0.6) is 0 Å². The number of nitrogens with zero attached hydrogens (tertiary/aromatic N) is 3. The molecule has 0 aliphatic heterocycles. The minimum Gasteiger partial charge on any atom is -0.378 e. The van der Waals surface area contributed by atoms with Gasteiger partial charge in [-0.3, -0.25) is 0 Å². The van der Waals surface area contributed by atoms with Crippen LogP contribution in [-0.4, -0.2) is 54.8 Å². The zero-order chi connectivity index (χ0) is 11.8. The van der Waals surface area contributed by atoms with Gasteiger partial charge in [-0.2, -0.15) is 0 Å². The second kappa shape index (κ2) is 7.24. The number of nitrogens with one attached hydrogen (secondary N) is 1. The van der Waals surface area contributed by atoms with E-state index in [-0.39, 0.29) is 0 Å². The van der Waals surface area contributed by atoms with Gasteiger partial charge in [-0.1, -0.05) is 0 Å². The lowest BCUT2D eigenvalue weighted by molar-refractivity contribution is 0.126. The normalized spacial score (nSPS) is 11.0. The third kappa shape index (κ3) is 4.63. The summed E-state index contributed by atoms with van der Waals surface area (Å²) in [7, 11) is 4.08. The number of aryl methyl sites for hydroxylation is 1. The van der Waals surface area contributed by atoms with Crippen molar-refractivity contribution in [1.29, 1.82) is 0 Å². The highest BCUT2D eigenvalue weighted by atomic mass is 16.5. The van der Waals surface area contributed by atoms with E-state index in [9.17, 15) is 0 Å². The van der Waals surface area contributed by atoms with Gasteiger partial charge in [-0.15, -0.1) is 0 Å². The Labute approximate surface area is 97.4 Å². The minimum atomic E-state index is 0.713. The molecular weight excluding hydrogens is 204 g/mol. The van der Waals surface area contributed by atoms with Crippen LogP contribution in [0.3, 0.4) is 0 Å². The number of rotatable bonds is 8. The van der Waals surface area contributed by atoms with Crippen LogP contribution >= 0.6 is 0 Å². The molecule has 0 aliphatic rings. The summed E-state index contributed by atoms with van der Waals surface area (Å²) in [6.07, 6.45) is 3.77. The number of anilines is 1. The van der Waals surface area contributed by atoms with Crippen molar-refractivity contribution in [3.63, 3.8) is 0 Å². The average molecular weight is 226 g/mol. The standard InChI is InChI=1S/C11H22N4O/c1-4-15-7-5-12-11(15)13-6-9-16-10-8-14(2)3/h5,7H,4,6,8-10H2,1-3H3,(H,12,13). The Morgan fingerprint density at radius 2 is 2.25 bits per heavy atom. The zero-order valence-electron chi connectivity index (χ0n) is 10.4. The SMILES string of the molecule is CCn1ccnc1NCCOCCN(C)C. The molecule has 0 radical (unpaired) electrons. The maximum Gasteiger partial charge on any atom is 0.202 e. The highest BCUT2D eigenvalue weighted by Crippen LogP contribution is 2.02. The Kier molecular flexibility index (Phi) is 5.88. The van der Waals surface area contributed by atoms with E-state index in [1.165, 1.54) is 0 Å². The number of aromatic nitrogens is 2. The second-order valence-electron chi connectivity index (χ2n) is 3.88. The number of hydrogen-bond donors (Lipinski definition) is 1. The van der Waals surface area contributed by atoms with Gasteiger partial charge >= 0.3 is 0 Å². The number of ether oxygens (including phenoxy) is 1. The number of likely N-dealkylation sites (N-methyl/N-ethyl adjacent to an activating group) is 1. The molecule has 92 valence electrons. The topological polar surface area (TPSA) is 42.3 Å². The van der Waals surface area contributed by atoms with Gasteiger partial charge in [0.2, 0.25) is 5.95 Å². The van der Waals surface area contributed by atoms with Gasteiger partial charge in [0.25, 0.3) is 0 Å². The fraction of sp³-hybridized carbons (Fsp3) is 0.727. The van der Waals surface area contributed by atoms with Crippen molar-refractivity contribution < 1.29 is 4.74 Å². The van der Waals surface area contributed by atoms with Crippen molar-refractivity contribution in [2.75, 3.05) is 45.7 Å². The first-order valence-corrected chi connectivity index (χ1v) is 5.71. The molecule has 0 aliphatic carbocycles. The van der Waals surface area contributed by atoms with Crippen molar-refractivity contribution in [2.45, 2.75) is 13.5 Å². The van der Waals surface area contributed by atoms with Gasteiger partial charge in [-0.05, 0) is 21.0 Å². The molecular formula is C11H22N4O. The lowest BCUT2D eigenvalue weighted by Crippen LogP contribution is -2.20. The monoisotopic (exact) mass is 226 g/mol. The molecule has 1 aromatic rings. The van der Waals surface area contributed by atoms with Crippen LogP contribution in [0.1, 0.15) is 6.92 Å². The second-order valence-corrected chi connectivity index (χ2v) is 3.88. The molecule has 0 unspecified atom stereocenters. The van der Waals surface area contributed by atoms with Gasteiger partial charge in [0.1, 0.15) is 0 Å². The van der Waals surface area contributed by atoms with Crippen LogP contribution in [0.25, 0.3) is 0 Å².